The summed E-state index contributed by atoms with van der Waals surface area (Å²) in [6.45, 7) is 10.5. The molecule has 0 N–H and O–H groups in total. The van der Waals surface area contributed by atoms with Gasteiger partial charge in [0.1, 0.15) is 0 Å². The number of benzene rings is 1. The fourth-order valence-corrected chi connectivity index (χ4v) is 4.42. The first-order chi connectivity index (χ1) is 12.8. The van der Waals surface area contributed by atoms with Gasteiger partial charge in [0.05, 0.1) is 0 Å². The smallest absolute Gasteiger partial charge is 0.325 e. The van der Waals surface area contributed by atoms with Crippen LogP contribution in [0, 0.1) is 30.2 Å². The SMILES string of the molecule is CC.CC.CN1CC=C(C2CCC3[CH-]CCCC32)CC1.[W+2].[c-]1ccccc1. The fraction of sp³-hybridized carbons (Fsp3) is 0.640. The van der Waals surface area contributed by atoms with Gasteiger partial charge in [-0.15, -0.1) is 0 Å². The van der Waals surface area contributed by atoms with Gasteiger partial charge in [0.2, 0.25) is 0 Å². The maximum Gasteiger partial charge on any atom is 2.00 e. The van der Waals surface area contributed by atoms with E-state index in [1.54, 1.807) is 5.57 Å². The molecule has 3 aliphatic rings. The quantitative estimate of drug-likeness (QED) is 0.280. The first-order valence-corrected chi connectivity index (χ1v) is 11.0. The van der Waals surface area contributed by atoms with Crippen LogP contribution in [0.5, 0.6) is 0 Å². The van der Waals surface area contributed by atoms with E-state index in [0.717, 1.165) is 17.8 Å². The van der Waals surface area contributed by atoms with E-state index in [4.69, 9.17) is 0 Å². The van der Waals surface area contributed by atoms with Crippen LogP contribution in [0.25, 0.3) is 0 Å². The van der Waals surface area contributed by atoms with Crippen molar-refractivity contribution in [3.8, 4) is 0 Å². The standard InChI is InChI=1S/C15H24N.C6H5.2C2H6.W/c1-16-10-8-13(9-11-16)15-7-6-12-4-2-3-5-14(12)15;1-2-4-6-5-3-1;2*1-2;/h4,8,12,14-15H,2-3,5-7,9-11H2,1H3;1-5H;2*1-2H3;/q2*-1;;;+2. The molecule has 3 unspecified atom stereocenters. The molecule has 0 aromatic heterocycles. The van der Waals surface area contributed by atoms with E-state index >= 15 is 0 Å². The molecule has 2 aliphatic carbocycles. The third kappa shape index (κ3) is 9.10. The Balaban J connectivity index is 0.000000521. The second kappa shape index (κ2) is 16.6. The molecule has 1 aromatic rings. The largest absolute Gasteiger partial charge is 2.00 e. The Bertz CT molecular complexity index is 444. The Morgan fingerprint density at radius 1 is 1.00 bits per heavy atom. The summed E-state index contributed by atoms with van der Waals surface area (Å²) >= 11 is 0. The number of rotatable bonds is 1. The monoisotopic (exact) mass is 539 g/mol. The number of hydrogen-bond donors (Lipinski definition) is 0. The summed E-state index contributed by atoms with van der Waals surface area (Å²) < 4.78 is 0. The van der Waals surface area contributed by atoms with Crippen molar-refractivity contribution in [1.29, 1.82) is 0 Å². The van der Waals surface area contributed by atoms with Crippen LogP contribution in [0.3, 0.4) is 0 Å². The third-order valence-corrected chi connectivity index (χ3v) is 5.62. The van der Waals surface area contributed by atoms with Crippen molar-refractivity contribution in [1.82, 2.24) is 4.90 Å². The van der Waals surface area contributed by atoms with Crippen LogP contribution in [0.4, 0.5) is 0 Å². The van der Waals surface area contributed by atoms with Gasteiger partial charge >= 0.3 is 21.1 Å². The molecular weight excluding hydrogens is 498 g/mol. The average molecular weight is 539 g/mol. The number of hydrogen-bond acceptors (Lipinski definition) is 1. The Morgan fingerprint density at radius 2 is 1.70 bits per heavy atom. The van der Waals surface area contributed by atoms with Crippen LogP contribution in [-0.2, 0) is 21.1 Å². The first-order valence-electron chi connectivity index (χ1n) is 11.0. The minimum absolute atomic E-state index is 0. The van der Waals surface area contributed by atoms with Gasteiger partial charge in [-0.1, -0.05) is 64.5 Å². The molecule has 0 radical (unpaired) electrons. The number of nitrogens with zero attached hydrogens (tertiary/aromatic N) is 1. The van der Waals surface area contributed by atoms with Gasteiger partial charge in [-0.3, -0.25) is 0 Å². The van der Waals surface area contributed by atoms with Gasteiger partial charge in [0, 0.05) is 13.1 Å². The molecule has 2 fully saturated rings. The molecule has 1 heterocycles. The molecular formula is C25H41NW. The molecule has 2 saturated carbocycles. The summed E-state index contributed by atoms with van der Waals surface area (Å²) in [7, 11) is 2.24. The van der Waals surface area contributed by atoms with Crippen molar-refractivity contribution in [2.45, 2.75) is 66.2 Å². The van der Waals surface area contributed by atoms with Crippen molar-refractivity contribution >= 4 is 0 Å². The maximum absolute atomic E-state index is 2.89. The normalized spacial score (nSPS) is 26.3. The Labute approximate surface area is 184 Å². The van der Waals surface area contributed by atoms with Gasteiger partial charge in [0.25, 0.3) is 0 Å². The molecule has 1 aromatic carbocycles. The maximum atomic E-state index is 2.89. The van der Waals surface area contributed by atoms with Gasteiger partial charge in [-0.2, -0.15) is 48.7 Å². The molecule has 0 bridgehead atoms. The second-order valence-corrected chi connectivity index (χ2v) is 7.05. The molecule has 0 amide bonds. The Morgan fingerprint density at radius 3 is 2.22 bits per heavy atom. The predicted octanol–water partition coefficient (Wildman–Crippen LogP) is 6.82. The predicted molar refractivity (Wildman–Crippen MR) is 116 cm³/mol. The van der Waals surface area contributed by atoms with Crippen LogP contribution < -0.4 is 0 Å². The molecule has 2 heteroatoms. The summed E-state index contributed by atoms with van der Waals surface area (Å²) in [6.07, 6.45) is 13.8. The molecule has 0 saturated heterocycles. The van der Waals surface area contributed by atoms with E-state index in [2.05, 4.69) is 30.5 Å². The van der Waals surface area contributed by atoms with E-state index in [0.29, 0.717) is 0 Å². The summed E-state index contributed by atoms with van der Waals surface area (Å²) in [4.78, 5) is 2.43. The second-order valence-electron chi connectivity index (χ2n) is 7.05. The minimum Gasteiger partial charge on any atom is -0.325 e. The van der Waals surface area contributed by atoms with E-state index < -0.39 is 0 Å². The molecule has 4 rings (SSSR count). The van der Waals surface area contributed by atoms with Crippen LogP contribution in [-0.4, -0.2) is 25.0 Å². The third-order valence-electron chi connectivity index (χ3n) is 5.62. The van der Waals surface area contributed by atoms with E-state index in [1.165, 1.54) is 51.6 Å². The average Bonchev–Trinajstić information content (AvgIpc) is 3.18. The minimum atomic E-state index is 0. The molecule has 152 valence electrons. The van der Waals surface area contributed by atoms with Gasteiger partial charge in [-0.25, -0.2) is 0 Å². The van der Waals surface area contributed by atoms with E-state index in [-0.39, 0.29) is 21.1 Å². The summed E-state index contributed by atoms with van der Waals surface area (Å²) in [5.74, 6) is 2.94. The first kappa shape index (κ1) is 26.6. The van der Waals surface area contributed by atoms with Crippen LogP contribution in [0.2, 0.25) is 0 Å². The molecule has 1 aliphatic heterocycles. The fourth-order valence-electron chi connectivity index (χ4n) is 4.42. The summed E-state index contributed by atoms with van der Waals surface area (Å²) in [6, 6.07) is 12.5. The molecule has 27 heavy (non-hydrogen) atoms. The van der Waals surface area contributed by atoms with Gasteiger partial charge in [-0.05, 0) is 25.8 Å². The van der Waals surface area contributed by atoms with Crippen molar-refractivity contribution in [3.05, 3.63) is 54.5 Å². The van der Waals surface area contributed by atoms with Crippen LogP contribution >= 0.6 is 0 Å². The zero-order chi connectivity index (χ0) is 19.2. The van der Waals surface area contributed by atoms with Gasteiger partial charge < -0.3 is 11.3 Å². The Hall–Kier alpha value is -0.392. The zero-order valence-corrected chi connectivity index (χ0v) is 21.2. The molecule has 3 atom stereocenters. The van der Waals surface area contributed by atoms with Crippen LogP contribution in [0.15, 0.2) is 42.0 Å². The van der Waals surface area contributed by atoms with E-state index in [1.807, 2.05) is 58.0 Å². The van der Waals surface area contributed by atoms with Crippen LogP contribution in [0.1, 0.15) is 66.2 Å². The van der Waals surface area contributed by atoms with Crippen molar-refractivity contribution in [2.75, 3.05) is 20.1 Å². The molecule has 1 nitrogen and oxygen atoms in total. The topological polar surface area (TPSA) is 3.24 Å². The van der Waals surface area contributed by atoms with Gasteiger partial charge in [0.15, 0.2) is 0 Å². The zero-order valence-electron chi connectivity index (χ0n) is 18.3. The van der Waals surface area contributed by atoms with Crippen molar-refractivity contribution in [2.24, 2.45) is 17.8 Å². The van der Waals surface area contributed by atoms with Crippen molar-refractivity contribution < 1.29 is 21.1 Å². The van der Waals surface area contributed by atoms with E-state index in [9.17, 15) is 0 Å². The summed E-state index contributed by atoms with van der Waals surface area (Å²) in [5, 5.41) is 0. The summed E-state index contributed by atoms with van der Waals surface area (Å²) in [5.41, 5.74) is 1.81. The number of fused-ring (bicyclic) bond motifs is 1. The van der Waals surface area contributed by atoms with Crippen molar-refractivity contribution in [3.63, 3.8) is 0 Å². The number of likely N-dealkylation sites (N-methyl/N-ethyl adjacent to an activating group) is 1. The molecule has 0 spiro atoms. The Kier molecular flexibility index (Phi) is 16.3.